The summed E-state index contributed by atoms with van der Waals surface area (Å²) in [5.74, 6) is 1.23. The van der Waals surface area contributed by atoms with Gasteiger partial charge in [-0.2, -0.15) is 0 Å². The molecule has 2 atom stereocenters. The maximum absolute atomic E-state index is 11.6. The zero-order valence-electron chi connectivity index (χ0n) is 16.9. The molecule has 6 N–H and O–H groups in total. The molecule has 1 aliphatic carbocycles. The van der Waals surface area contributed by atoms with Crippen LogP contribution in [0.15, 0.2) is 18.3 Å². The fraction of sp³-hybridized carbons (Fsp3) is 0.526. The van der Waals surface area contributed by atoms with Gasteiger partial charge in [-0.15, -0.1) is 0 Å². The number of carbonyl (C=O) groups excluding carboxylic acids is 1. The number of hydrazine groups is 1. The van der Waals surface area contributed by atoms with Crippen LogP contribution in [0.1, 0.15) is 41.7 Å². The van der Waals surface area contributed by atoms with Crippen molar-refractivity contribution in [2.45, 2.75) is 44.3 Å². The van der Waals surface area contributed by atoms with Gasteiger partial charge < -0.3 is 15.3 Å². The largest absolute Gasteiger partial charge is 0.480 e. The van der Waals surface area contributed by atoms with Gasteiger partial charge in [0.05, 0.1) is 30.9 Å². The molecule has 0 radical (unpaired) electrons. The van der Waals surface area contributed by atoms with Crippen molar-refractivity contribution in [1.82, 2.24) is 20.2 Å². The highest BCUT2D eigenvalue weighted by Crippen LogP contribution is 2.28. The summed E-state index contributed by atoms with van der Waals surface area (Å²) in [6, 6.07) is 2.31. The Hall–Kier alpha value is -3.09. The van der Waals surface area contributed by atoms with Crippen LogP contribution in [0.2, 0.25) is 0 Å². The Morgan fingerprint density at radius 3 is 1.90 bits per heavy atom. The van der Waals surface area contributed by atoms with E-state index in [9.17, 15) is 34.5 Å². The number of nitrogens with zero attached hydrogens (tertiary/aromatic N) is 3. The molecule has 1 unspecified atom stereocenters. The summed E-state index contributed by atoms with van der Waals surface area (Å²) in [6.45, 7) is -1.07. The fourth-order valence-electron chi connectivity index (χ4n) is 3.99. The minimum Gasteiger partial charge on any atom is -0.480 e. The van der Waals surface area contributed by atoms with Gasteiger partial charge in [0.15, 0.2) is 0 Å². The van der Waals surface area contributed by atoms with Crippen LogP contribution >= 0.6 is 0 Å². The highest BCUT2D eigenvalue weighted by atomic mass is 16.4. The molecule has 0 aromatic carbocycles. The lowest BCUT2D eigenvalue weighted by molar-refractivity contribution is -0.146. The first-order valence-corrected chi connectivity index (χ1v) is 9.80. The molecule has 0 spiro atoms. The summed E-state index contributed by atoms with van der Waals surface area (Å²) in [6.07, 6.45) is 4.09. The average Bonchev–Trinajstić information content (AvgIpc) is 2.72. The van der Waals surface area contributed by atoms with Crippen LogP contribution in [0.25, 0.3) is 0 Å². The Labute approximate surface area is 178 Å². The fourth-order valence-corrected chi connectivity index (χ4v) is 3.99. The lowest BCUT2D eigenvalue weighted by atomic mass is 9.87. The summed E-state index contributed by atoms with van der Waals surface area (Å²) in [5, 5.41) is 27.9. The van der Waals surface area contributed by atoms with Gasteiger partial charge in [-0.1, -0.05) is 12.8 Å². The molecule has 1 amide bonds. The molecule has 12 nitrogen and oxygen atoms in total. The average molecular weight is 437 g/mol. The van der Waals surface area contributed by atoms with Crippen molar-refractivity contribution in [1.29, 1.82) is 0 Å². The number of nitrogens with two attached hydrogens (primary N) is 1. The number of carboxylic acids is 3. The molecule has 31 heavy (non-hydrogen) atoms. The number of carboxylic acid groups (broad SMARTS) is 3. The van der Waals surface area contributed by atoms with E-state index in [1.165, 1.54) is 17.2 Å². The second kappa shape index (κ2) is 11.3. The van der Waals surface area contributed by atoms with Gasteiger partial charge >= 0.3 is 17.9 Å². The van der Waals surface area contributed by atoms with Crippen molar-refractivity contribution in [3.05, 3.63) is 29.6 Å². The standard InChI is InChI=1S/C19H27N5O7/c20-22-19(31)12-5-6-13(21-7-12)8-23(9-16(25)26)14-3-1-2-4-15(14)24(10-17(27)28)11-18(29)30/h5-7,14-15H,1-4,8-11,20H2,(H,22,31)(H,25,26)(H,27,28)(H,29,30)/t14?,15-/m0/s1. The monoisotopic (exact) mass is 437 g/mol. The second-order valence-electron chi connectivity index (χ2n) is 7.42. The summed E-state index contributed by atoms with van der Waals surface area (Å²) < 4.78 is 0. The summed E-state index contributed by atoms with van der Waals surface area (Å²) in [4.78, 5) is 52.9. The van der Waals surface area contributed by atoms with Gasteiger partial charge in [-0.25, -0.2) is 5.84 Å². The van der Waals surface area contributed by atoms with E-state index in [1.807, 2.05) is 5.43 Å². The Morgan fingerprint density at radius 2 is 1.45 bits per heavy atom. The Morgan fingerprint density at radius 1 is 0.935 bits per heavy atom. The maximum atomic E-state index is 11.6. The Bertz CT molecular complexity index is 785. The van der Waals surface area contributed by atoms with Crippen LogP contribution in [-0.4, -0.2) is 85.6 Å². The number of amides is 1. The first kappa shape index (κ1) is 24.2. The van der Waals surface area contributed by atoms with Crippen LogP contribution in [-0.2, 0) is 20.9 Å². The van der Waals surface area contributed by atoms with Crippen LogP contribution in [0.5, 0.6) is 0 Å². The Balaban J connectivity index is 2.27. The van der Waals surface area contributed by atoms with E-state index in [4.69, 9.17) is 5.84 Å². The lowest BCUT2D eigenvalue weighted by Gasteiger charge is -2.43. The molecule has 2 rings (SSSR count). The highest BCUT2D eigenvalue weighted by molar-refractivity contribution is 5.93. The molecule has 1 aromatic rings. The third kappa shape index (κ3) is 7.27. The molecular weight excluding hydrogens is 410 g/mol. The number of carbonyl (C=O) groups is 4. The molecule has 1 heterocycles. The van der Waals surface area contributed by atoms with Crippen LogP contribution in [0.4, 0.5) is 0 Å². The van der Waals surface area contributed by atoms with Crippen molar-refractivity contribution in [3.8, 4) is 0 Å². The molecule has 1 aromatic heterocycles. The molecule has 0 bridgehead atoms. The van der Waals surface area contributed by atoms with Gasteiger partial charge in [0.25, 0.3) is 5.91 Å². The summed E-state index contributed by atoms with van der Waals surface area (Å²) in [5.41, 5.74) is 2.77. The zero-order valence-corrected chi connectivity index (χ0v) is 16.9. The molecule has 0 saturated heterocycles. The van der Waals surface area contributed by atoms with Crippen molar-refractivity contribution in [3.63, 3.8) is 0 Å². The van der Waals surface area contributed by atoms with E-state index < -0.39 is 42.9 Å². The van der Waals surface area contributed by atoms with E-state index in [1.54, 1.807) is 11.0 Å². The van der Waals surface area contributed by atoms with Gasteiger partial charge in [0.1, 0.15) is 0 Å². The predicted molar refractivity (Wildman–Crippen MR) is 107 cm³/mol. The van der Waals surface area contributed by atoms with Crippen molar-refractivity contribution >= 4 is 23.8 Å². The highest BCUT2D eigenvalue weighted by Gasteiger charge is 2.36. The van der Waals surface area contributed by atoms with Gasteiger partial charge in [-0.3, -0.25) is 39.4 Å². The summed E-state index contributed by atoms with van der Waals surface area (Å²) in [7, 11) is 0. The number of aliphatic carboxylic acids is 3. The molecule has 12 heteroatoms. The molecule has 1 aliphatic rings. The smallest absolute Gasteiger partial charge is 0.317 e. The number of pyridine rings is 1. The minimum absolute atomic E-state index is 0.145. The van der Waals surface area contributed by atoms with E-state index >= 15 is 0 Å². The molecule has 170 valence electrons. The number of nitrogen functional groups attached to an aromatic ring is 1. The molecule has 1 fully saturated rings. The van der Waals surface area contributed by atoms with E-state index in [0.29, 0.717) is 18.5 Å². The first-order valence-electron chi connectivity index (χ1n) is 9.80. The molecule has 0 aliphatic heterocycles. The topological polar surface area (TPSA) is 186 Å². The number of hydrogen-bond acceptors (Lipinski definition) is 8. The number of nitrogens with one attached hydrogen (secondary N) is 1. The molecular formula is C19H27N5O7. The van der Waals surface area contributed by atoms with E-state index in [0.717, 1.165) is 12.8 Å². The van der Waals surface area contributed by atoms with Gasteiger partial charge in [0.2, 0.25) is 0 Å². The van der Waals surface area contributed by atoms with Crippen molar-refractivity contribution in [2.75, 3.05) is 19.6 Å². The van der Waals surface area contributed by atoms with Crippen LogP contribution < -0.4 is 11.3 Å². The normalized spacial score (nSPS) is 18.7. The van der Waals surface area contributed by atoms with E-state index in [2.05, 4.69) is 4.98 Å². The van der Waals surface area contributed by atoms with Crippen molar-refractivity contribution in [2.24, 2.45) is 5.84 Å². The third-order valence-corrected chi connectivity index (χ3v) is 5.23. The number of aromatic nitrogens is 1. The van der Waals surface area contributed by atoms with Crippen LogP contribution in [0.3, 0.4) is 0 Å². The maximum Gasteiger partial charge on any atom is 0.317 e. The van der Waals surface area contributed by atoms with Gasteiger partial charge in [-0.05, 0) is 25.0 Å². The number of rotatable bonds is 11. The first-order chi connectivity index (χ1) is 14.7. The Kier molecular flexibility index (Phi) is 8.85. The minimum atomic E-state index is -1.15. The number of hydrogen-bond donors (Lipinski definition) is 5. The van der Waals surface area contributed by atoms with Crippen molar-refractivity contribution < 1.29 is 34.5 Å². The molecule has 1 saturated carbocycles. The predicted octanol–water partition coefficient (Wildman–Crippen LogP) is -0.646. The second-order valence-corrected chi connectivity index (χ2v) is 7.42. The summed E-state index contributed by atoms with van der Waals surface area (Å²) >= 11 is 0. The van der Waals surface area contributed by atoms with Gasteiger partial charge in [0, 0.05) is 24.8 Å². The quantitative estimate of drug-likeness (QED) is 0.168. The SMILES string of the molecule is NNC(=O)c1ccc(CN(CC(=O)O)C2CCCC[C@@H]2N(CC(=O)O)CC(=O)O)nc1. The van der Waals surface area contributed by atoms with E-state index in [-0.39, 0.29) is 24.7 Å². The third-order valence-electron chi connectivity index (χ3n) is 5.23. The zero-order chi connectivity index (χ0) is 23.0. The van der Waals surface area contributed by atoms with Crippen LogP contribution in [0, 0.1) is 0 Å². The lowest BCUT2D eigenvalue weighted by Crippen LogP contribution is -2.56.